The summed E-state index contributed by atoms with van der Waals surface area (Å²) in [5, 5.41) is 0. The van der Waals surface area contributed by atoms with Gasteiger partial charge in [0.15, 0.2) is 0 Å². The van der Waals surface area contributed by atoms with Crippen molar-refractivity contribution < 1.29 is 0 Å². The largest absolute Gasteiger partial charge is 0.0654 e. The summed E-state index contributed by atoms with van der Waals surface area (Å²) < 4.78 is 0. The highest BCUT2D eigenvalue weighted by Crippen LogP contribution is 2.42. The normalized spacial score (nSPS) is 16.8. The second kappa shape index (κ2) is 11.5. The lowest BCUT2D eigenvalue weighted by Gasteiger charge is -2.39. The second-order valence-corrected chi connectivity index (χ2v) is 8.61. The lowest BCUT2D eigenvalue weighted by molar-refractivity contribution is 0.108. The van der Waals surface area contributed by atoms with Crippen LogP contribution in [0.25, 0.3) is 0 Å². The van der Waals surface area contributed by atoms with Crippen LogP contribution in [0.3, 0.4) is 0 Å². The fourth-order valence-corrected chi connectivity index (χ4v) is 4.57. The highest BCUT2D eigenvalue weighted by Gasteiger charge is 2.32. The van der Waals surface area contributed by atoms with Crippen LogP contribution in [0.2, 0.25) is 0 Å². The summed E-state index contributed by atoms with van der Waals surface area (Å²) in [5.41, 5.74) is 0.503. The molecule has 0 aliphatic rings. The van der Waals surface area contributed by atoms with E-state index in [1.54, 1.807) is 0 Å². The van der Waals surface area contributed by atoms with Crippen LogP contribution in [0.4, 0.5) is 0 Å². The van der Waals surface area contributed by atoms with Gasteiger partial charge in [-0.1, -0.05) is 107 Å². The van der Waals surface area contributed by atoms with Crippen molar-refractivity contribution in [2.75, 3.05) is 0 Å². The van der Waals surface area contributed by atoms with Gasteiger partial charge in [0.25, 0.3) is 0 Å². The van der Waals surface area contributed by atoms with Gasteiger partial charge in [-0.3, -0.25) is 0 Å². The van der Waals surface area contributed by atoms with Gasteiger partial charge >= 0.3 is 0 Å². The van der Waals surface area contributed by atoms with Crippen molar-refractivity contribution in [3.63, 3.8) is 0 Å². The highest BCUT2D eigenvalue weighted by molar-refractivity contribution is 4.83. The predicted octanol–water partition coefficient (Wildman–Crippen LogP) is 8.11. The van der Waals surface area contributed by atoms with E-state index >= 15 is 0 Å². The summed E-state index contributed by atoms with van der Waals surface area (Å²) in [6, 6.07) is 0. The van der Waals surface area contributed by atoms with E-state index in [1.807, 2.05) is 0 Å². The van der Waals surface area contributed by atoms with E-state index in [4.69, 9.17) is 0 Å². The van der Waals surface area contributed by atoms with Crippen LogP contribution in [0, 0.1) is 29.1 Å². The van der Waals surface area contributed by atoms with Gasteiger partial charge in [0.05, 0.1) is 0 Å². The predicted molar refractivity (Wildman–Crippen MR) is 103 cm³/mol. The SMILES string of the molecule is CCCCC(CC)C(C)C(C)CC(C)(C)C(CCC)CCC. The molecule has 0 radical (unpaired) electrons. The van der Waals surface area contributed by atoms with Crippen molar-refractivity contribution >= 4 is 0 Å². The minimum absolute atomic E-state index is 0.503. The van der Waals surface area contributed by atoms with Crippen LogP contribution in [-0.2, 0) is 0 Å². The van der Waals surface area contributed by atoms with Gasteiger partial charge in [0.2, 0.25) is 0 Å². The summed E-state index contributed by atoms with van der Waals surface area (Å²) in [5.74, 6) is 3.57. The van der Waals surface area contributed by atoms with Crippen LogP contribution in [0.5, 0.6) is 0 Å². The Morgan fingerprint density at radius 2 is 1.32 bits per heavy atom. The molecular weight excluding hydrogens is 264 g/mol. The molecule has 3 unspecified atom stereocenters. The monoisotopic (exact) mass is 310 g/mol. The highest BCUT2D eigenvalue weighted by atomic mass is 14.4. The summed E-state index contributed by atoms with van der Waals surface area (Å²) in [4.78, 5) is 0. The number of rotatable bonds is 13. The molecule has 0 heterocycles. The first-order valence-corrected chi connectivity index (χ1v) is 10.3. The summed E-state index contributed by atoms with van der Waals surface area (Å²) in [6.07, 6.45) is 12.5. The van der Waals surface area contributed by atoms with E-state index in [-0.39, 0.29) is 0 Å². The second-order valence-electron chi connectivity index (χ2n) is 8.61. The maximum Gasteiger partial charge on any atom is -0.0323 e. The maximum absolute atomic E-state index is 2.54. The van der Waals surface area contributed by atoms with E-state index in [1.165, 1.54) is 57.8 Å². The molecular formula is C22H46. The molecule has 0 aromatic rings. The quantitative estimate of drug-likeness (QED) is 0.322. The van der Waals surface area contributed by atoms with Crippen molar-refractivity contribution in [2.45, 2.75) is 113 Å². The maximum atomic E-state index is 2.54. The van der Waals surface area contributed by atoms with Crippen molar-refractivity contribution in [2.24, 2.45) is 29.1 Å². The molecule has 0 aliphatic carbocycles. The number of unbranched alkanes of at least 4 members (excludes halogenated alkanes) is 1. The van der Waals surface area contributed by atoms with Crippen LogP contribution in [-0.4, -0.2) is 0 Å². The van der Waals surface area contributed by atoms with Crippen molar-refractivity contribution in [3.05, 3.63) is 0 Å². The third-order valence-electron chi connectivity index (χ3n) is 6.32. The smallest absolute Gasteiger partial charge is 0.0323 e. The van der Waals surface area contributed by atoms with E-state index < -0.39 is 0 Å². The van der Waals surface area contributed by atoms with Gasteiger partial charge < -0.3 is 0 Å². The molecule has 0 fully saturated rings. The molecule has 0 aromatic heterocycles. The van der Waals surface area contributed by atoms with Crippen molar-refractivity contribution in [1.29, 1.82) is 0 Å². The Morgan fingerprint density at radius 3 is 1.73 bits per heavy atom. The summed E-state index contributed by atoms with van der Waals surface area (Å²) in [6.45, 7) is 19.6. The first kappa shape index (κ1) is 22.0. The van der Waals surface area contributed by atoms with Crippen molar-refractivity contribution in [1.82, 2.24) is 0 Å². The van der Waals surface area contributed by atoms with E-state index in [0.717, 1.165) is 23.7 Å². The fourth-order valence-electron chi connectivity index (χ4n) is 4.57. The molecule has 134 valence electrons. The van der Waals surface area contributed by atoms with E-state index in [9.17, 15) is 0 Å². The Bertz CT molecular complexity index is 247. The average Bonchev–Trinajstić information content (AvgIpc) is 2.47. The van der Waals surface area contributed by atoms with Gasteiger partial charge in [-0.25, -0.2) is 0 Å². The molecule has 3 atom stereocenters. The molecule has 22 heavy (non-hydrogen) atoms. The zero-order chi connectivity index (χ0) is 17.2. The molecule has 0 nitrogen and oxygen atoms in total. The Balaban J connectivity index is 4.71. The van der Waals surface area contributed by atoms with Gasteiger partial charge in [-0.2, -0.15) is 0 Å². The fraction of sp³-hybridized carbons (Fsp3) is 1.00. The van der Waals surface area contributed by atoms with Gasteiger partial charge in [-0.15, -0.1) is 0 Å². The molecule has 0 heteroatoms. The standard InChI is InChI=1S/C22H46/c1-9-13-16-20(12-4)19(6)18(5)17-22(7,8)21(14-10-2)15-11-3/h18-21H,9-17H2,1-8H3. The van der Waals surface area contributed by atoms with Crippen molar-refractivity contribution in [3.8, 4) is 0 Å². The first-order valence-electron chi connectivity index (χ1n) is 10.3. The van der Waals surface area contributed by atoms with E-state index in [0.29, 0.717) is 5.41 Å². The molecule has 0 bridgehead atoms. The van der Waals surface area contributed by atoms with Gasteiger partial charge in [-0.05, 0) is 35.5 Å². The number of hydrogen-bond acceptors (Lipinski definition) is 0. The average molecular weight is 311 g/mol. The van der Waals surface area contributed by atoms with Crippen LogP contribution in [0.1, 0.15) is 113 Å². The Kier molecular flexibility index (Phi) is 11.5. The minimum atomic E-state index is 0.503. The minimum Gasteiger partial charge on any atom is -0.0654 e. The molecule has 0 N–H and O–H groups in total. The molecule has 0 saturated heterocycles. The van der Waals surface area contributed by atoms with Crippen LogP contribution >= 0.6 is 0 Å². The Morgan fingerprint density at radius 1 is 0.773 bits per heavy atom. The first-order chi connectivity index (χ1) is 10.3. The third-order valence-corrected chi connectivity index (χ3v) is 6.32. The molecule has 0 aromatic carbocycles. The molecule has 0 saturated carbocycles. The Labute approximate surface area is 142 Å². The topological polar surface area (TPSA) is 0 Å². The molecule has 0 rings (SSSR count). The molecule has 0 aliphatic heterocycles. The lowest BCUT2D eigenvalue weighted by Crippen LogP contribution is -2.30. The number of hydrogen-bond donors (Lipinski definition) is 0. The Hall–Kier alpha value is 0. The molecule has 0 spiro atoms. The van der Waals surface area contributed by atoms with E-state index in [2.05, 4.69) is 55.4 Å². The van der Waals surface area contributed by atoms with Gasteiger partial charge in [0, 0.05) is 0 Å². The lowest BCUT2D eigenvalue weighted by atomic mass is 9.66. The summed E-state index contributed by atoms with van der Waals surface area (Å²) in [7, 11) is 0. The van der Waals surface area contributed by atoms with Crippen LogP contribution < -0.4 is 0 Å². The zero-order valence-electron chi connectivity index (χ0n) is 17.2. The summed E-state index contributed by atoms with van der Waals surface area (Å²) >= 11 is 0. The molecule has 0 amide bonds. The zero-order valence-corrected chi connectivity index (χ0v) is 17.2. The van der Waals surface area contributed by atoms with Gasteiger partial charge in [0.1, 0.15) is 0 Å². The third kappa shape index (κ3) is 7.51. The van der Waals surface area contributed by atoms with Crippen LogP contribution in [0.15, 0.2) is 0 Å².